The lowest BCUT2D eigenvalue weighted by atomic mass is 9.90. The van der Waals surface area contributed by atoms with Gasteiger partial charge < -0.3 is 14.9 Å². The van der Waals surface area contributed by atoms with Crippen molar-refractivity contribution in [3.63, 3.8) is 0 Å². The Morgan fingerprint density at radius 1 is 1.37 bits per heavy atom. The molecule has 1 aliphatic rings. The van der Waals surface area contributed by atoms with Crippen molar-refractivity contribution in [3.8, 4) is 11.5 Å². The molecule has 27 heavy (non-hydrogen) atoms. The summed E-state index contributed by atoms with van der Waals surface area (Å²) in [6.07, 6.45) is 10.1. The number of aryl methyl sites for hydroxylation is 1. The highest BCUT2D eigenvalue weighted by Gasteiger charge is 2.31. The van der Waals surface area contributed by atoms with Crippen LogP contribution in [0.5, 0.6) is 11.5 Å². The number of phenols is 1. The van der Waals surface area contributed by atoms with Crippen LogP contribution in [0.2, 0.25) is 0 Å². The summed E-state index contributed by atoms with van der Waals surface area (Å²) in [5.74, 6) is -0.222. The SMILES string of the molecule is CCC(C)CCc1cc2c(c(O)c1C(=O)O)C=CC(C)(CCC=C(C)C)O2. The summed E-state index contributed by atoms with van der Waals surface area (Å²) < 4.78 is 6.22. The number of aromatic carboxylic acids is 1. The second-order valence-corrected chi connectivity index (χ2v) is 8.10. The van der Waals surface area contributed by atoms with Gasteiger partial charge in [0.1, 0.15) is 22.7 Å². The quantitative estimate of drug-likeness (QED) is 0.551. The number of rotatable bonds is 8. The van der Waals surface area contributed by atoms with Crippen LogP contribution in [-0.2, 0) is 6.42 Å². The van der Waals surface area contributed by atoms with Crippen LogP contribution in [0, 0.1) is 5.92 Å². The standard InChI is InChI=1S/C23H32O4/c1-6-16(4)9-10-17-14-19-18(21(24)20(17)22(25)26)11-13-23(5,27-19)12-7-8-15(2)3/h8,11,13-14,16,24H,6-7,9-10,12H2,1-5H3,(H,25,26). The average molecular weight is 373 g/mol. The molecule has 0 saturated carbocycles. The third-order valence-corrected chi connectivity index (χ3v) is 5.34. The highest BCUT2D eigenvalue weighted by Crippen LogP contribution is 2.42. The molecule has 0 aromatic heterocycles. The van der Waals surface area contributed by atoms with Crippen molar-refractivity contribution in [2.75, 3.05) is 0 Å². The maximum absolute atomic E-state index is 11.7. The third-order valence-electron chi connectivity index (χ3n) is 5.34. The minimum Gasteiger partial charge on any atom is -0.506 e. The summed E-state index contributed by atoms with van der Waals surface area (Å²) in [5, 5.41) is 20.2. The number of allylic oxidation sites excluding steroid dienone is 2. The van der Waals surface area contributed by atoms with Gasteiger partial charge in [-0.1, -0.05) is 31.9 Å². The Hall–Kier alpha value is -2.23. The number of carboxylic acid groups (broad SMARTS) is 1. The zero-order valence-corrected chi connectivity index (χ0v) is 17.1. The number of hydrogen-bond donors (Lipinski definition) is 2. The molecule has 4 heteroatoms. The lowest BCUT2D eigenvalue weighted by molar-refractivity contribution is 0.0692. The van der Waals surface area contributed by atoms with Crippen LogP contribution in [0.4, 0.5) is 0 Å². The Bertz CT molecular complexity index is 756. The van der Waals surface area contributed by atoms with E-state index >= 15 is 0 Å². The zero-order valence-electron chi connectivity index (χ0n) is 17.1. The number of ether oxygens (including phenoxy) is 1. The fourth-order valence-corrected chi connectivity index (χ4v) is 3.33. The molecule has 1 aromatic carbocycles. The summed E-state index contributed by atoms with van der Waals surface area (Å²) in [6.45, 7) is 10.4. The van der Waals surface area contributed by atoms with E-state index < -0.39 is 11.6 Å². The molecule has 0 amide bonds. The Morgan fingerprint density at radius 3 is 2.67 bits per heavy atom. The Kier molecular flexibility index (Phi) is 6.74. The van der Waals surface area contributed by atoms with E-state index in [4.69, 9.17) is 4.74 Å². The second kappa shape index (κ2) is 8.64. The van der Waals surface area contributed by atoms with Gasteiger partial charge in [0.2, 0.25) is 0 Å². The van der Waals surface area contributed by atoms with E-state index in [0.29, 0.717) is 29.2 Å². The van der Waals surface area contributed by atoms with Gasteiger partial charge in [-0.25, -0.2) is 4.79 Å². The van der Waals surface area contributed by atoms with E-state index in [1.807, 2.05) is 19.1 Å². The molecule has 1 aliphatic heterocycles. The van der Waals surface area contributed by atoms with Crippen molar-refractivity contribution in [2.45, 2.75) is 72.3 Å². The van der Waals surface area contributed by atoms with Gasteiger partial charge in [-0.3, -0.25) is 0 Å². The van der Waals surface area contributed by atoms with E-state index in [1.165, 1.54) is 5.57 Å². The molecule has 0 aliphatic carbocycles. The van der Waals surface area contributed by atoms with Gasteiger partial charge in [0, 0.05) is 0 Å². The largest absolute Gasteiger partial charge is 0.506 e. The van der Waals surface area contributed by atoms with Gasteiger partial charge >= 0.3 is 5.97 Å². The van der Waals surface area contributed by atoms with Crippen molar-refractivity contribution >= 4 is 12.0 Å². The smallest absolute Gasteiger partial charge is 0.339 e. The molecule has 0 radical (unpaired) electrons. The first-order valence-electron chi connectivity index (χ1n) is 9.80. The minimum atomic E-state index is -1.10. The Labute approximate surface area is 162 Å². The van der Waals surface area contributed by atoms with Crippen LogP contribution in [0.1, 0.15) is 81.8 Å². The molecule has 0 bridgehead atoms. The van der Waals surface area contributed by atoms with Crippen LogP contribution >= 0.6 is 0 Å². The molecule has 1 aromatic rings. The van der Waals surface area contributed by atoms with Crippen LogP contribution in [0.15, 0.2) is 23.8 Å². The molecular formula is C23H32O4. The van der Waals surface area contributed by atoms with E-state index in [2.05, 4.69) is 33.8 Å². The molecule has 0 fully saturated rings. The molecule has 0 saturated heterocycles. The van der Waals surface area contributed by atoms with Crippen molar-refractivity contribution < 1.29 is 19.7 Å². The van der Waals surface area contributed by atoms with Crippen molar-refractivity contribution in [2.24, 2.45) is 5.92 Å². The fraction of sp³-hybridized carbons (Fsp3) is 0.522. The maximum atomic E-state index is 11.7. The number of aromatic hydroxyl groups is 1. The molecule has 148 valence electrons. The molecular weight excluding hydrogens is 340 g/mol. The summed E-state index contributed by atoms with van der Waals surface area (Å²) in [4.78, 5) is 11.7. The highest BCUT2D eigenvalue weighted by molar-refractivity contribution is 5.95. The van der Waals surface area contributed by atoms with Crippen molar-refractivity contribution in [1.82, 2.24) is 0 Å². The topological polar surface area (TPSA) is 66.8 Å². The van der Waals surface area contributed by atoms with Crippen LogP contribution < -0.4 is 4.74 Å². The first-order chi connectivity index (χ1) is 12.7. The summed E-state index contributed by atoms with van der Waals surface area (Å²) in [6, 6.07) is 1.81. The lowest BCUT2D eigenvalue weighted by Crippen LogP contribution is -2.32. The van der Waals surface area contributed by atoms with E-state index in [0.717, 1.165) is 25.7 Å². The summed E-state index contributed by atoms with van der Waals surface area (Å²) >= 11 is 0. The fourth-order valence-electron chi connectivity index (χ4n) is 3.33. The van der Waals surface area contributed by atoms with E-state index in [-0.39, 0.29) is 11.3 Å². The van der Waals surface area contributed by atoms with Crippen LogP contribution in [0.25, 0.3) is 6.08 Å². The molecule has 4 nitrogen and oxygen atoms in total. The van der Waals surface area contributed by atoms with Crippen molar-refractivity contribution in [3.05, 3.63) is 40.5 Å². The third kappa shape index (κ3) is 5.15. The molecule has 2 rings (SSSR count). The highest BCUT2D eigenvalue weighted by atomic mass is 16.5. The average Bonchev–Trinajstić information content (AvgIpc) is 2.58. The van der Waals surface area contributed by atoms with Gasteiger partial charge in [0.05, 0.1) is 5.56 Å². The first-order valence-corrected chi connectivity index (χ1v) is 9.80. The zero-order chi connectivity index (χ0) is 20.2. The number of benzene rings is 1. The monoisotopic (exact) mass is 372 g/mol. The molecule has 0 spiro atoms. The predicted octanol–water partition coefficient (Wildman–Crippen LogP) is 5.98. The Balaban J connectivity index is 2.35. The second-order valence-electron chi connectivity index (χ2n) is 8.10. The van der Waals surface area contributed by atoms with Crippen molar-refractivity contribution in [1.29, 1.82) is 0 Å². The van der Waals surface area contributed by atoms with Gasteiger partial charge in [0.15, 0.2) is 0 Å². The summed E-state index contributed by atoms with van der Waals surface area (Å²) in [7, 11) is 0. The minimum absolute atomic E-state index is 0.00144. The number of carboxylic acids is 1. The van der Waals surface area contributed by atoms with Gasteiger partial charge in [-0.15, -0.1) is 0 Å². The Morgan fingerprint density at radius 2 is 2.07 bits per heavy atom. The lowest BCUT2D eigenvalue weighted by Gasteiger charge is -2.32. The van der Waals surface area contributed by atoms with Gasteiger partial charge in [-0.05, 0) is 76.2 Å². The normalized spacial score (nSPS) is 19.1. The molecule has 2 atom stereocenters. The number of carbonyl (C=O) groups is 1. The van der Waals surface area contributed by atoms with E-state index in [9.17, 15) is 15.0 Å². The first kappa shape index (κ1) is 21.1. The number of fused-ring (bicyclic) bond motifs is 1. The molecule has 2 N–H and O–H groups in total. The maximum Gasteiger partial charge on any atom is 0.339 e. The van der Waals surface area contributed by atoms with Gasteiger partial charge in [0.25, 0.3) is 0 Å². The number of hydrogen-bond acceptors (Lipinski definition) is 3. The van der Waals surface area contributed by atoms with E-state index in [1.54, 1.807) is 6.08 Å². The van der Waals surface area contributed by atoms with Gasteiger partial charge in [-0.2, -0.15) is 0 Å². The van der Waals surface area contributed by atoms with Crippen LogP contribution in [0.3, 0.4) is 0 Å². The predicted molar refractivity (Wildman–Crippen MR) is 110 cm³/mol. The molecule has 2 unspecified atom stereocenters. The molecule has 1 heterocycles. The van der Waals surface area contributed by atoms with Crippen LogP contribution in [-0.4, -0.2) is 21.8 Å². The summed E-state index contributed by atoms with van der Waals surface area (Å²) in [5.41, 5.74) is 1.90.